The van der Waals surface area contributed by atoms with Crippen molar-refractivity contribution in [3.63, 3.8) is 0 Å². The van der Waals surface area contributed by atoms with Gasteiger partial charge in [-0.15, -0.1) is 0 Å². The van der Waals surface area contributed by atoms with Crippen LogP contribution in [0.3, 0.4) is 0 Å². The molecule has 1 aliphatic heterocycles. The largest absolute Gasteiger partial charge is 0.347 e. The van der Waals surface area contributed by atoms with Gasteiger partial charge in [0.1, 0.15) is 5.82 Å². The Hall–Kier alpha value is -1.27. The fourth-order valence-electron chi connectivity index (χ4n) is 6.54. The number of carbonyl (C=O) groups is 1. The zero-order valence-corrected chi connectivity index (χ0v) is 19.6. The fourth-order valence-corrected chi connectivity index (χ4v) is 7.94. The van der Waals surface area contributed by atoms with E-state index in [1.807, 2.05) is 0 Å². The zero-order chi connectivity index (χ0) is 21.5. The monoisotopic (exact) mass is 463 g/mol. The van der Waals surface area contributed by atoms with Crippen LogP contribution in [0, 0.1) is 29.5 Å². The number of hydrogen-bond donors (Lipinski definition) is 1. The minimum Gasteiger partial charge on any atom is -0.347 e. The van der Waals surface area contributed by atoms with E-state index in [4.69, 9.17) is 16.6 Å². The van der Waals surface area contributed by atoms with E-state index in [0.717, 1.165) is 47.6 Å². The summed E-state index contributed by atoms with van der Waals surface area (Å²) in [5, 5.41) is 4.17. The van der Waals surface area contributed by atoms with Crippen LogP contribution in [0.15, 0.2) is 23.2 Å². The van der Waals surface area contributed by atoms with Crippen LogP contribution in [-0.2, 0) is 4.79 Å². The summed E-state index contributed by atoms with van der Waals surface area (Å²) in [6, 6.07) is 4.91. The lowest BCUT2D eigenvalue weighted by molar-refractivity contribution is -0.116. The number of halogens is 2. The molecule has 1 N–H and O–H groups in total. The average Bonchev–Trinajstić information content (AvgIpc) is 3.08. The topological polar surface area (TPSA) is 44.7 Å². The Morgan fingerprint density at radius 2 is 1.94 bits per heavy atom. The Morgan fingerprint density at radius 1 is 1.23 bits per heavy atom. The molecule has 1 amide bonds. The van der Waals surface area contributed by atoms with Gasteiger partial charge < -0.3 is 10.2 Å². The van der Waals surface area contributed by atoms with Crippen molar-refractivity contribution >= 4 is 40.1 Å². The predicted octanol–water partition coefficient (Wildman–Crippen LogP) is 5.82. The van der Waals surface area contributed by atoms with Crippen LogP contribution in [0.25, 0.3) is 0 Å². The van der Waals surface area contributed by atoms with Crippen molar-refractivity contribution in [1.82, 2.24) is 4.90 Å². The molecule has 1 saturated heterocycles. The summed E-state index contributed by atoms with van der Waals surface area (Å²) >= 11 is 7.61. The molecule has 168 valence electrons. The Kier molecular flexibility index (Phi) is 6.22. The van der Waals surface area contributed by atoms with Gasteiger partial charge in [0.15, 0.2) is 5.17 Å². The summed E-state index contributed by atoms with van der Waals surface area (Å²) in [4.78, 5) is 20.3. The number of nitrogens with zero attached hydrogens (tertiary/aromatic N) is 2. The third-order valence-corrected chi connectivity index (χ3v) is 9.00. The van der Waals surface area contributed by atoms with Crippen molar-refractivity contribution < 1.29 is 9.18 Å². The number of rotatable bonds is 6. The first-order valence-corrected chi connectivity index (χ1v) is 13.1. The molecule has 0 radical (unpaired) electrons. The van der Waals surface area contributed by atoms with E-state index in [1.165, 1.54) is 44.2 Å². The van der Waals surface area contributed by atoms with E-state index < -0.39 is 5.82 Å². The lowest BCUT2D eigenvalue weighted by Crippen LogP contribution is -2.48. The minimum atomic E-state index is -0.504. The number of carbonyl (C=O) groups excluding carboxylic acids is 1. The molecule has 4 bridgehead atoms. The third-order valence-electron chi connectivity index (χ3n) is 7.62. The second kappa shape index (κ2) is 8.93. The Labute approximate surface area is 193 Å². The summed E-state index contributed by atoms with van der Waals surface area (Å²) in [5.74, 6) is 3.63. The van der Waals surface area contributed by atoms with E-state index in [9.17, 15) is 9.18 Å². The van der Waals surface area contributed by atoms with Crippen molar-refractivity contribution in [3.05, 3.63) is 29.0 Å². The van der Waals surface area contributed by atoms with Crippen LogP contribution in [-0.4, -0.2) is 40.4 Å². The Morgan fingerprint density at radius 3 is 2.58 bits per heavy atom. The summed E-state index contributed by atoms with van der Waals surface area (Å²) in [7, 11) is 0. The van der Waals surface area contributed by atoms with Crippen LogP contribution in [0.1, 0.15) is 51.9 Å². The maximum atomic E-state index is 14.1. The lowest BCUT2D eigenvalue weighted by atomic mass is 9.54. The van der Waals surface area contributed by atoms with Crippen LogP contribution in [0.4, 0.5) is 10.1 Å². The number of benzene rings is 1. The predicted molar refractivity (Wildman–Crippen MR) is 126 cm³/mol. The molecule has 4 aliphatic carbocycles. The van der Waals surface area contributed by atoms with Crippen molar-refractivity contribution in [2.24, 2.45) is 28.7 Å². The minimum absolute atomic E-state index is 0.107. The number of nitrogens with one attached hydrogen (secondary N) is 1. The number of aliphatic imine (C=N–C) groups is 1. The fraction of sp³-hybridized carbons (Fsp3) is 0.667. The van der Waals surface area contributed by atoms with Gasteiger partial charge in [0.05, 0.1) is 11.7 Å². The second-order valence-corrected chi connectivity index (χ2v) is 11.3. The van der Waals surface area contributed by atoms with Gasteiger partial charge in [-0.25, -0.2) is 4.39 Å². The normalized spacial score (nSPS) is 35.2. The maximum absolute atomic E-state index is 14.1. The van der Waals surface area contributed by atoms with Gasteiger partial charge in [-0.1, -0.05) is 30.3 Å². The van der Waals surface area contributed by atoms with E-state index in [1.54, 1.807) is 17.8 Å². The molecule has 6 rings (SSSR count). The third kappa shape index (κ3) is 4.47. The van der Waals surface area contributed by atoms with Gasteiger partial charge in [0.25, 0.3) is 0 Å². The Bertz CT molecular complexity index is 850. The number of hydrogen-bond acceptors (Lipinski definition) is 3. The van der Waals surface area contributed by atoms with E-state index in [-0.39, 0.29) is 17.6 Å². The highest BCUT2D eigenvalue weighted by Gasteiger charge is 2.48. The molecule has 4 saturated carbocycles. The lowest BCUT2D eigenvalue weighted by Gasteiger charge is -2.53. The molecule has 1 aromatic rings. The number of anilines is 1. The van der Waals surface area contributed by atoms with Crippen molar-refractivity contribution in [2.45, 2.75) is 64.0 Å². The van der Waals surface area contributed by atoms with E-state index >= 15 is 0 Å². The molecule has 5 fully saturated rings. The van der Waals surface area contributed by atoms with Crippen LogP contribution >= 0.6 is 23.4 Å². The molecule has 1 atom stereocenters. The quantitative estimate of drug-likeness (QED) is 0.578. The number of amidine groups is 1. The molecular weight excluding hydrogens is 433 g/mol. The van der Waals surface area contributed by atoms with Crippen molar-refractivity contribution in [3.8, 4) is 0 Å². The van der Waals surface area contributed by atoms with Crippen molar-refractivity contribution in [2.75, 3.05) is 17.6 Å². The molecule has 7 heteroatoms. The summed E-state index contributed by atoms with van der Waals surface area (Å²) in [6.45, 7) is 3.08. The van der Waals surface area contributed by atoms with Crippen LogP contribution in [0.5, 0.6) is 0 Å². The molecule has 1 aromatic carbocycles. The molecule has 5 aliphatic rings. The molecule has 31 heavy (non-hydrogen) atoms. The smallest absolute Gasteiger partial charge is 0.226 e. The van der Waals surface area contributed by atoms with Gasteiger partial charge in [-0.3, -0.25) is 9.79 Å². The van der Waals surface area contributed by atoms with E-state index in [0.29, 0.717) is 17.5 Å². The summed E-state index contributed by atoms with van der Waals surface area (Å²) < 4.78 is 14.1. The first kappa shape index (κ1) is 21.6. The van der Waals surface area contributed by atoms with Crippen molar-refractivity contribution in [1.29, 1.82) is 0 Å². The molecule has 4 nitrogen and oxygen atoms in total. The van der Waals surface area contributed by atoms with Gasteiger partial charge in [0.2, 0.25) is 5.91 Å². The Balaban J connectivity index is 1.26. The maximum Gasteiger partial charge on any atom is 0.226 e. The molecule has 1 heterocycles. The second-order valence-electron chi connectivity index (χ2n) is 9.87. The molecule has 0 spiro atoms. The molecule has 1 unspecified atom stereocenters. The van der Waals surface area contributed by atoms with Gasteiger partial charge >= 0.3 is 0 Å². The van der Waals surface area contributed by atoms with Crippen LogP contribution < -0.4 is 5.32 Å². The summed E-state index contributed by atoms with van der Waals surface area (Å²) in [5.41, 5.74) is 0.185. The molecule has 0 aromatic heterocycles. The SMILES string of the molecule is CCCN1C(=NC2C3CC4CC(C3)CC2C4)SCC1CC(=O)Nc1ccc(Cl)cc1F. The number of thioether (sulfide) groups is 1. The van der Waals surface area contributed by atoms with E-state index in [2.05, 4.69) is 17.1 Å². The molecular formula is C24H31ClFN3OS. The van der Waals surface area contributed by atoms with Crippen LogP contribution in [0.2, 0.25) is 5.02 Å². The van der Waals surface area contributed by atoms with Gasteiger partial charge in [-0.05, 0) is 80.4 Å². The standard InChI is InChI=1S/C24H31ClFN3OS/c1-2-5-29-19(12-22(30)27-21-4-3-18(25)11-20(21)26)13-31-24(29)28-23-16-7-14-6-15(9-16)10-17(23)8-14/h3-4,11,14-17,19,23H,2,5-10,12-13H2,1H3,(H,27,30). The average molecular weight is 464 g/mol. The number of amides is 1. The highest BCUT2D eigenvalue weighted by molar-refractivity contribution is 8.14. The zero-order valence-electron chi connectivity index (χ0n) is 18.0. The highest BCUT2D eigenvalue weighted by atomic mass is 35.5. The van der Waals surface area contributed by atoms with Gasteiger partial charge in [0, 0.05) is 29.8 Å². The van der Waals surface area contributed by atoms with Gasteiger partial charge in [-0.2, -0.15) is 0 Å². The first-order chi connectivity index (χ1) is 15.0. The highest BCUT2D eigenvalue weighted by Crippen LogP contribution is 2.55. The first-order valence-electron chi connectivity index (χ1n) is 11.7. The summed E-state index contributed by atoms with van der Waals surface area (Å²) in [6.07, 6.45) is 8.28.